The largest absolute Gasteiger partial charge is 0.385 e. The summed E-state index contributed by atoms with van der Waals surface area (Å²) in [6.45, 7) is 9.56. The van der Waals surface area contributed by atoms with Crippen LogP contribution in [0, 0.1) is 29.6 Å². The molecule has 2 heteroatoms. The molecule has 0 amide bonds. The molecular formula is C26H50O2. The molecule has 166 valence electrons. The molecule has 0 radical (unpaired) electrons. The zero-order chi connectivity index (χ0) is 20.8. The lowest BCUT2D eigenvalue weighted by molar-refractivity contribution is -0.122. The van der Waals surface area contributed by atoms with Gasteiger partial charge < -0.3 is 4.74 Å². The summed E-state index contributed by atoms with van der Waals surface area (Å²) in [5, 5.41) is 0. The first kappa shape index (κ1) is 25.7. The quantitative estimate of drug-likeness (QED) is 0.315. The van der Waals surface area contributed by atoms with Crippen LogP contribution in [0.2, 0.25) is 0 Å². The minimum absolute atomic E-state index is 0.222. The van der Waals surface area contributed by atoms with Crippen LogP contribution in [0.25, 0.3) is 0 Å². The van der Waals surface area contributed by atoms with Gasteiger partial charge in [0, 0.05) is 26.1 Å². The normalized spacial score (nSPS) is 23.6. The summed E-state index contributed by atoms with van der Waals surface area (Å²) in [4.78, 5) is 11.7. The Morgan fingerprint density at radius 3 is 2.21 bits per heavy atom. The van der Waals surface area contributed by atoms with Gasteiger partial charge in [0.25, 0.3) is 0 Å². The van der Waals surface area contributed by atoms with E-state index >= 15 is 0 Å². The number of unbranched alkanes of at least 4 members (excludes halogenated alkanes) is 3. The van der Waals surface area contributed by atoms with Gasteiger partial charge in [-0.3, -0.25) is 4.79 Å². The van der Waals surface area contributed by atoms with Crippen molar-refractivity contribution in [1.82, 2.24) is 0 Å². The van der Waals surface area contributed by atoms with Crippen LogP contribution < -0.4 is 0 Å². The Hall–Kier alpha value is -0.370. The van der Waals surface area contributed by atoms with Crippen LogP contribution in [-0.4, -0.2) is 19.5 Å². The van der Waals surface area contributed by atoms with E-state index in [9.17, 15) is 4.79 Å². The summed E-state index contributed by atoms with van der Waals surface area (Å²) in [5.74, 6) is 4.50. The zero-order valence-electron chi connectivity index (χ0n) is 19.8. The van der Waals surface area contributed by atoms with Crippen molar-refractivity contribution in [3.05, 3.63) is 0 Å². The highest BCUT2D eigenvalue weighted by atomic mass is 16.5. The lowest BCUT2D eigenvalue weighted by atomic mass is 9.66. The number of methoxy groups -OCH3 is 1. The summed E-state index contributed by atoms with van der Waals surface area (Å²) in [7, 11) is 1.76. The summed E-state index contributed by atoms with van der Waals surface area (Å²) < 4.78 is 4.89. The number of Topliss-reactive ketones (excluding diaryl/α,β-unsaturated/α-hetero) is 1. The number of ketones is 1. The molecule has 2 nitrogen and oxygen atoms in total. The Bertz CT molecular complexity index is 380. The van der Waals surface area contributed by atoms with E-state index in [1.807, 2.05) is 13.8 Å². The Kier molecular flexibility index (Phi) is 14.2. The van der Waals surface area contributed by atoms with Crippen molar-refractivity contribution < 1.29 is 9.53 Å². The van der Waals surface area contributed by atoms with Crippen molar-refractivity contribution in [1.29, 1.82) is 0 Å². The molecule has 0 saturated heterocycles. The molecule has 2 rings (SSSR count). The van der Waals surface area contributed by atoms with E-state index in [2.05, 4.69) is 13.8 Å². The van der Waals surface area contributed by atoms with E-state index in [0.29, 0.717) is 5.78 Å². The molecule has 0 aromatic rings. The molecular weight excluding hydrogens is 344 g/mol. The molecule has 2 saturated carbocycles. The maximum atomic E-state index is 11.7. The molecule has 0 aliphatic heterocycles. The van der Waals surface area contributed by atoms with E-state index in [-0.39, 0.29) is 5.92 Å². The molecule has 0 N–H and O–H groups in total. The molecule has 2 aliphatic rings. The van der Waals surface area contributed by atoms with Gasteiger partial charge in [0.05, 0.1) is 0 Å². The van der Waals surface area contributed by atoms with Crippen LogP contribution in [0.4, 0.5) is 0 Å². The number of ether oxygens (including phenoxy) is 1. The van der Waals surface area contributed by atoms with Crippen LogP contribution in [0.3, 0.4) is 0 Å². The second-order valence-corrected chi connectivity index (χ2v) is 10.0. The lowest BCUT2D eigenvalue weighted by Crippen LogP contribution is -2.28. The molecule has 0 heterocycles. The molecule has 2 aliphatic carbocycles. The Morgan fingerprint density at radius 2 is 1.64 bits per heavy atom. The number of carbonyl (C=O) groups excluding carboxylic acids is 1. The zero-order valence-corrected chi connectivity index (χ0v) is 19.8. The standard InChI is InChI=1S/C19H34O.C7H16O/c1-14(2)19(20)11-10-15(3)12-16-6-4-9-18(13-16)17-7-5-8-17;1-3-4-5-6-7-8-2/h14-18H,4-13H2,1-3H3;3-7H2,1-2H3/t15-,16?,18?;/m0./s1. The number of rotatable bonds is 12. The molecule has 2 fully saturated rings. The smallest absolute Gasteiger partial charge is 0.135 e. The maximum Gasteiger partial charge on any atom is 0.135 e. The predicted octanol–water partition coefficient (Wildman–Crippen LogP) is 7.84. The van der Waals surface area contributed by atoms with Crippen LogP contribution in [0.1, 0.15) is 118 Å². The van der Waals surface area contributed by atoms with Gasteiger partial charge in [-0.2, -0.15) is 0 Å². The molecule has 0 aromatic carbocycles. The van der Waals surface area contributed by atoms with E-state index in [4.69, 9.17) is 4.74 Å². The summed E-state index contributed by atoms with van der Waals surface area (Å²) in [5.41, 5.74) is 0. The Labute approximate surface area is 176 Å². The lowest BCUT2D eigenvalue weighted by Gasteiger charge is -2.39. The molecule has 3 atom stereocenters. The van der Waals surface area contributed by atoms with Gasteiger partial charge in [-0.25, -0.2) is 0 Å². The van der Waals surface area contributed by atoms with E-state index in [1.165, 1.54) is 77.0 Å². The van der Waals surface area contributed by atoms with Crippen LogP contribution in [0.5, 0.6) is 0 Å². The van der Waals surface area contributed by atoms with Crippen molar-refractivity contribution in [2.24, 2.45) is 29.6 Å². The second kappa shape index (κ2) is 15.5. The van der Waals surface area contributed by atoms with Crippen LogP contribution in [0.15, 0.2) is 0 Å². The summed E-state index contributed by atoms with van der Waals surface area (Å²) >= 11 is 0. The average Bonchev–Trinajstić information content (AvgIpc) is 2.63. The first-order valence-electron chi connectivity index (χ1n) is 12.5. The Morgan fingerprint density at radius 1 is 0.964 bits per heavy atom. The van der Waals surface area contributed by atoms with E-state index in [1.54, 1.807) is 7.11 Å². The van der Waals surface area contributed by atoms with Gasteiger partial charge in [-0.05, 0) is 49.4 Å². The van der Waals surface area contributed by atoms with Gasteiger partial charge >= 0.3 is 0 Å². The molecule has 0 aromatic heterocycles. The third-order valence-corrected chi connectivity index (χ3v) is 7.11. The summed E-state index contributed by atoms with van der Waals surface area (Å²) in [6, 6.07) is 0. The second-order valence-electron chi connectivity index (χ2n) is 10.0. The number of hydrogen-bond acceptors (Lipinski definition) is 2. The third-order valence-electron chi connectivity index (χ3n) is 7.11. The van der Waals surface area contributed by atoms with Gasteiger partial charge in [0.1, 0.15) is 5.78 Å². The first-order valence-corrected chi connectivity index (χ1v) is 12.5. The highest BCUT2D eigenvalue weighted by Gasteiger charge is 2.32. The van der Waals surface area contributed by atoms with Crippen molar-refractivity contribution >= 4 is 5.78 Å². The first-order chi connectivity index (χ1) is 13.5. The van der Waals surface area contributed by atoms with Gasteiger partial charge in [-0.1, -0.05) is 85.5 Å². The van der Waals surface area contributed by atoms with Crippen LogP contribution >= 0.6 is 0 Å². The predicted molar refractivity (Wildman–Crippen MR) is 122 cm³/mol. The minimum Gasteiger partial charge on any atom is -0.385 e. The van der Waals surface area contributed by atoms with Crippen LogP contribution in [-0.2, 0) is 9.53 Å². The van der Waals surface area contributed by atoms with E-state index < -0.39 is 0 Å². The molecule has 0 bridgehead atoms. The number of carbonyl (C=O) groups is 1. The highest BCUT2D eigenvalue weighted by Crippen LogP contribution is 2.44. The summed E-state index contributed by atoms with van der Waals surface area (Å²) in [6.07, 6.45) is 18.9. The van der Waals surface area contributed by atoms with Gasteiger partial charge in [0.15, 0.2) is 0 Å². The van der Waals surface area contributed by atoms with Gasteiger partial charge in [-0.15, -0.1) is 0 Å². The molecule has 2 unspecified atom stereocenters. The van der Waals surface area contributed by atoms with Crippen molar-refractivity contribution in [3.8, 4) is 0 Å². The fraction of sp³-hybridized carbons (Fsp3) is 0.962. The number of hydrogen-bond donors (Lipinski definition) is 0. The highest BCUT2D eigenvalue weighted by molar-refractivity contribution is 5.80. The van der Waals surface area contributed by atoms with E-state index in [0.717, 1.165) is 43.1 Å². The fourth-order valence-electron chi connectivity index (χ4n) is 4.92. The van der Waals surface area contributed by atoms with Gasteiger partial charge in [0.2, 0.25) is 0 Å². The fourth-order valence-corrected chi connectivity index (χ4v) is 4.92. The maximum absolute atomic E-state index is 11.7. The molecule has 0 spiro atoms. The Balaban J connectivity index is 0.000000416. The van der Waals surface area contributed by atoms with Crippen molar-refractivity contribution in [2.75, 3.05) is 13.7 Å². The minimum atomic E-state index is 0.222. The monoisotopic (exact) mass is 394 g/mol. The van der Waals surface area contributed by atoms with Crippen molar-refractivity contribution in [3.63, 3.8) is 0 Å². The third kappa shape index (κ3) is 11.0. The SMILES string of the molecule is CC(C)C(=O)CC[C@H](C)CC1CCCC(C2CCC2)C1.CCCCCCOC. The van der Waals surface area contributed by atoms with Crippen molar-refractivity contribution in [2.45, 2.75) is 118 Å². The average molecular weight is 395 g/mol. The molecule has 28 heavy (non-hydrogen) atoms. The topological polar surface area (TPSA) is 26.3 Å².